The van der Waals surface area contributed by atoms with E-state index < -0.39 is 0 Å². The molecule has 2 nitrogen and oxygen atoms in total. The van der Waals surface area contributed by atoms with Crippen molar-refractivity contribution in [1.29, 1.82) is 0 Å². The Hall–Kier alpha value is -2.48. The normalized spacial score (nSPS) is 13.2. The van der Waals surface area contributed by atoms with E-state index in [1.165, 1.54) is 32.5 Å². The Morgan fingerprint density at radius 3 is 1.73 bits per heavy atom. The first-order valence-corrected chi connectivity index (χ1v) is 9.26. The molecule has 0 aliphatic carbocycles. The molecule has 0 fully saturated rings. The number of nitroso groups, excluding NO2 is 1. The molecular formula is C24H26NO+. The van der Waals surface area contributed by atoms with Crippen molar-refractivity contribution >= 4 is 38.0 Å². The zero-order valence-corrected chi connectivity index (χ0v) is 16.4. The van der Waals surface area contributed by atoms with Crippen LogP contribution >= 0.6 is 0 Å². The van der Waals surface area contributed by atoms with E-state index in [9.17, 15) is 4.91 Å². The molecule has 4 aromatic rings. The molecule has 4 rings (SSSR count). The summed E-state index contributed by atoms with van der Waals surface area (Å²) >= 11 is 0. The lowest BCUT2D eigenvalue weighted by molar-refractivity contribution is -0.378. The summed E-state index contributed by atoms with van der Waals surface area (Å²) < 4.78 is 0. The van der Waals surface area contributed by atoms with Crippen LogP contribution in [0, 0.1) is 4.91 Å². The van der Waals surface area contributed by atoms with E-state index in [2.05, 4.69) is 89.2 Å². The smallest absolute Gasteiger partial charge is 0.0561 e. The zero-order chi connectivity index (χ0) is 18.9. The average molecular weight is 344 g/mol. The minimum absolute atomic E-state index is 0.101. The second-order valence-electron chi connectivity index (χ2n) is 9.48. The van der Waals surface area contributed by atoms with Gasteiger partial charge in [-0.2, -0.15) is 0 Å². The van der Waals surface area contributed by atoms with Crippen LogP contribution in [-0.4, -0.2) is 0 Å². The van der Waals surface area contributed by atoms with Gasteiger partial charge >= 0.3 is 0 Å². The first-order chi connectivity index (χ1) is 12.1. The van der Waals surface area contributed by atoms with Crippen LogP contribution in [-0.2, 0) is 10.8 Å². The van der Waals surface area contributed by atoms with Crippen molar-refractivity contribution in [3.05, 3.63) is 58.5 Å². The molecule has 0 aliphatic heterocycles. The molecule has 0 spiro atoms. The molecule has 132 valence electrons. The predicted molar refractivity (Wildman–Crippen MR) is 112 cm³/mol. The van der Waals surface area contributed by atoms with E-state index >= 15 is 0 Å². The Bertz CT molecular complexity index is 1140. The number of nitrogens with one attached hydrogen (secondary N) is 1. The molecule has 0 aliphatic rings. The van der Waals surface area contributed by atoms with Crippen molar-refractivity contribution in [3.63, 3.8) is 0 Å². The molecule has 0 radical (unpaired) electrons. The second kappa shape index (κ2) is 5.26. The molecule has 0 saturated heterocycles. The van der Waals surface area contributed by atoms with Gasteiger partial charge in [0, 0.05) is 21.0 Å². The van der Waals surface area contributed by atoms with Crippen LogP contribution in [0.2, 0.25) is 0 Å². The fraction of sp³-hybridized carbons (Fsp3) is 0.333. The van der Waals surface area contributed by atoms with Crippen LogP contribution in [0.4, 0.5) is 5.69 Å². The average Bonchev–Trinajstić information content (AvgIpc) is 2.56. The van der Waals surface area contributed by atoms with Crippen LogP contribution in [0.3, 0.4) is 0 Å². The summed E-state index contributed by atoms with van der Waals surface area (Å²) in [5, 5.41) is 9.38. The number of benzene rings is 4. The quantitative estimate of drug-likeness (QED) is 0.444. The van der Waals surface area contributed by atoms with Crippen molar-refractivity contribution in [2.45, 2.75) is 52.4 Å². The standard InChI is InChI=1S/C24H25NO/c1-23(2,3)17-11-14-7-8-16-13-19(24(4,5)6)22(25-26)18-10-9-15(12-17)20(14)21(16)18/h7-13H,1-6H3/p+1. The maximum atomic E-state index is 11.9. The summed E-state index contributed by atoms with van der Waals surface area (Å²) in [6.07, 6.45) is 0. The van der Waals surface area contributed by atoms with Crippen LogP contribution < -0.4 is 5.18 Å². The van der Waals surface area contributed by atoms with Crippen LogP contribution in [0.15, 0.2) is 42.5 Å². The molecule has 0 aromatic heterocycles. The maximum Gasteiger partial charge on any atom is 0.264 e. The molecule has 0 heterocycles. The van der Waals surface area contributed by atoms with Gasteiger partial charge in [-0.3, -0.25) is 0 Å². The Balaban J connectivity index is 2.21. The lowest BCUT2D eigenvalue weighted by atomic mass is 9.80. The lowest BCUT2D eigenvalue weighted by Crippen LogP contribution is -2.57. The van der Waals surface area contributed by atoms with Gasteiger partial charge in [-0.25, -0.2) is 0 Å². The molecule has 4 aromatic carbocycles. The first kappa shape index (κ1) is 17.0. The Morgan fingerprint density at radius 2 is 1.23 bits per heavy atom. The largest absolute Gasteiger partial charge is 0.264 e. The fourth-order valence-corrected chi connectivity index (χ4v) is 4.03. The van der Waals surface area contributed by atoms with Gasteiger partial charge in [-0.15, -0.1) is 0 Å². The number of hydrogen-bond donors (Lipinski definition) is 1. The van der Waals surface area contributed by atoms with E-state index in [4.69, 9.17) is 0 Å². The van der Waals surface area contributed by atoms with E-state index in [1.807, 2.05) is 0 Å². The molecule has 2 heteroatoms. The summed E-state index contributed by atoms with van der Waals surface area (Å²) in [5.74, 6) is 0. The third-order valence-corrected chi connectivity index (χ3v) is 5.49. The SMILES string of the molecule is CC(C)(C)c1cc2ccc3cc(C(C)(C)C)c([NH+]=O)c4ccc(c1)c2c34. The van der Waals surface area contributed by atoms with Gasteiger partial charge in [0.2, 0.25) is 0 Å². The van der Waals surface area contributed by atoms with E-state index in [0.717, 1.165) is 10.9 Å². The van der Waals surface area contributed by atoms with Crippen molar-refractivity contribution in [3.8, 4) is 0 Å². The van der Waals surface area contributed by atoms with Gasteiger partial charge in [0.05, 0.1) is 5.39 Å². The Labute approximate surface area is 154 Å². The summed E-state index contributed by atoms with van der Waals surface area (Å²) in [4.78, 5) is 11.9. The number of hydrogen-bond acceptors (Lipinski definition) is 1. The molecule has 0 atom stereocenters. The molecule has 0 unspecified atom stereocenters. The van der Waals surface area contributed by atoms with Crippen molar-refractivity contribution in [1.82, 2.24) is 0 Å². The first-order valence-electron chi connectivity index (χ1n) is 9.26. The van der Waals surface area contributed by atoms with Crippen LogP contribution in [0.1, 0.15) is 52.7 Å². The summed E-state index contributed by atoms with van der Waals surface area (Å²) in [6.45, 7) is 13.2. The van der Waals surface area contributed by atoms with Crippen LogP contribution in [0.25, 0.3) is 32.3 Å². The molecule has 0 amide bonds. The van der Waals surface area contributed by atoms with Gasteiger partial charge < -0.3 is 0 Å². The van der Waals surface area contributed by atoms with Gasteiger partial charge in [-0.05, 0) is 50.1 Å². The van der Waals surface area contributed by atoms with Crippen molar-refractivity contribution in [2.24, 2.45) is 0 Å². The highest BCUT2D eigenvalue weighted by Gasteiger charge is 2.27. The van der Waals surface area contributed by atoms with Crippen molar-refractivity contribution in [2.75, 3.05) is 0 Å². The highest BCUT2D eigenvalue weighted by molar-refractivity contribution is 6.25. The zero-order valence-electron chi connectivity index (χ0n) is 16.4. The van der Waals surface area contributed by atoms with Crippen molar-refractivity contribution < 1.29 is 5.18 Å². The molecule has 0 saturated carbocycles. The predicted octanol–water partition coefficient (Wildman–Crippen LogP) is 5.66. The second-order valence-corrected chi connectivity index (χ2v) is 9.48. The molecular weight excluding hydrogens is 318 g/mol. The highest BCUT2D eigenvalue weighted by atomic mass is 16.3. The summed E-state index contributed by atoms with van der Waals surface area (Å²) in [6, 6.07) is 15.4. The summed E-state index contributed by atoms with van der Waals surface area (Å²) in [5.41, 5.74) is 3.11. The fourth-order valence-electron chi connectivity index (χ4n) is 4.03. The third-order valence-electron chi connectivity index (χ3n) is 5.49. The third kappa shape index (κ3) is 2.39. The van der Waals surface area contributed by atoms with E-state index in [-0.39, 0.29) is 10.8 Å². The minimum Gasteiger partial charge on any atom is -0.0561 e. The van der Waals surface area contributed by atoms with E-state index in [0.29, 0.717) is 5.69 Å². The molecule has 1 N–H and O–H groups in total. The molecule has 26 heavy (non-hydrogen) atoms. The Kier molecular flexibility index (Phi) is 3.43. The van der Waals surface area contributed by atoms with Crippen LogP contribution in [0.5, 0.6) is 0 Å². The van der Waals surface area contributed by atoms with Gasteiger partial charge in [0.15, 0.2) is 0 Å². The van der Waals surface area contributed by atoms with Gasteiger partial charge in [0.1, 0.15) is 0 Å². The maximum absolute atomic E-state index is 11.9. The monoisotopic (exact) mass is 344 g/mol. The highest BCUT2D eigenvalue weighted by Crippen LogP contribution is 2.42. The Morgan fingerprint density at radius 1 is 0.692 bits per heavy atom. The lowest BCUT2D eigenvalue weighted by Gasteiger charge is -2.23. The topological polar surface area (TPSA) is 31.0 Å². The summed E-state index contributed by atoms with van der Waals surface area (Å²) in [7, 11) is 0. The minimum atomic E-state index is -0.101. The van der Waals surface area contributed by atoms with Gasteiger partial charge in [-0.1, -0.05) is 71.9 Å². The molecule has 0 bridgehead atoms. The van der Waals surface area contributed by atoms with Gasteiger partial charge in [0.25, 0.3) is 5.69 Å². The number of rotatable bonds is 1. The van der Waals surface area contributed by atoms with E-state index in [1.54, 1.807) is 0 Å².